The molecule has 2 heterocycles. The van der Waals surface area contributed by atoms with Gasteiger partial charge < -0.3 is 10.7 Å². The van der Waals surface area contributed by atoms with Gasteiger partial charge in [-0.1, -0.05) is 20.3 Å². The zero-order valence-electron chi connectivity index (χ0n) is 11.9. The summed E-state index contributed by atoms with van der Waals surface area (Å²) in [5, 5.41) is 3.39. The van der Waals surface area contributed by atoms with Crippen molar-refractivity contribution in [2.75, 3.05) is 10.7 Å². The van der Waals surface area contributed by atoms with Gasteiger partial charge in [0.1, 0.15) is 18.0 Å². The molecule has 0 unspecified atom stereocenters. The van der Waals surface area contributed by atoms with Crippen molar-refractivity contribution >= 4 is 23.0 Å². The van der Waals surface area contributed by atoms with Crippen LogP contribution in [0, 0.1) is 0 Å². The number of anilines is 2. The van der Waals surface area contributed by atoms with Crippen molar-refractivity contribution in [2.24, 2.45) is 5.84 Å². The van der Waals surface area contributed by atoms with E-state index < -0.39 is 0 Å². The Bertz CT molecular complexity index is 552. The summed E-state index contributed by atoms with van der Waals surface area (Å²) in [6.07, 6.45) is 4.53. The number of rotatable bonds is 7. The second-order valence-electron chi connectivity index (χ2n) is 4.52. The Morgan fingerprint density at radius 2 is 1.90 bits per heavy atom. The van der Waals surface area contributed by atoms with Crippen LogP contribution in [0.2, 0.25) is 0 Å². The molecule has 2 rings (SSSR count). The van der Waals surface area contributed by atoms with Crippen molar-refractivity contribution in [3.05, 3.63) is 33.8 Å². The van der Waals surface area contributed by atoms with E-state index in [1.54, 1.807) is 0 Å². The van der Waals surface area contributed by atoms with E-state index in [0.717, 1.165) is 37.2 Å². The molecular weight excluding hydrogens is 270 g/mol. The standard InChI is InChI=1S/C14H21N5S/c1-3-5-12-13(17-9-18-14(12)19-15)16-8-11-7-6-10(4-2)20-11/h6-7,9H,3-5,8,15H2,1-2H3,(H2,16,17,18,19). The Morgan fingerprint density at radius 1 is 1.15 bits per heavy atom. The smallest absolute Gasteiger partial charge is 0.148 e. The van der Waals surface area contributed by atoms with Crippen LogP contribution in [-0.4, -0.2) is 9.97 Å². The highest BCUT2D eigenvalue weighted by atomic mass is 32.1. The molecule has 0 aromatic carbocycles. The molecule has 0 aliphatic rings. The number of thiophene rings is 1. The van der Waals surface area contributed by atoms with Crippen LogP contribution >= 0.6 is 11.3 Å². The van der Waals surface area contributed by atoms with Crippen molar-refractivity contribution < 1.29 is 0 Å². The first kappa shape index (κ1) is 14.7. The highest BCUT2D eigenvalue weighted by Gasteiger charge is 2.10. The molecule has 0 aliphatic heterocycles. The lowest BCUT2D eigenvalue weighted by atomic mass is 10.1. The number of hydrogen-bond donors (Lipinski definition) is 3. The number of nitrogens with zero attached hydrogens (tertiary/aromatic N) is 2. The molecule has 2 aromatic rings. The maximum Gasteiger partial charge on any atom is 0.148 e. The molecule has 0 saturated heterocycles. The predicted molar refractivity (Wildman–Crippen MR) is 84.9 cm³/mol. The summed E-state index contributed by atoms with van der Waals surface area (Å²) < 4.78 is 0. The van der Waals surface area contributed by atoms with E-state index in [1.807, 2.05) is 11.3 Å². The van der Waals surface area contributed by atoms with Crippen molar-refractivity contribution in [3.8, 4) is 0 Å². The summed E-state index contributed by atoms with van der Waals surface area (Å²) in [7, 11) is 0. The van der Waals surface area contributed by atoms with Crippen LogP contribution in [0.1, 0.15) is 35.6 Å². The third-order valence-electron chi connectivity index (χ3n) is 3.08. The Kier molecular flexibility index (Phi) is 5.31. The summed E-state index contributed by atoms with van der Waals surface area (Å²) in [5.41, 5.74) is 3.69. The number of aryl methyl sites for hydroxylation is 1. The fourth-order valence-corrected chi connectivity index (χ4v) is 2.95. The third-order valence-corrected chi connectivity index (χ3v) is 4.31. The van der Waals surface area contributed by atoms with Crippen molar-refractivity contribution in [2.45, 2.75) is 39.7 Å². The zero-order valence-corrected chi connectivity index (χ0v) is 12.8. The molecule has 108 valence electrons. The normalized spacial score (nSPS) is 10.6. The maximum absolute atomic E-state index is 5.51. The highest BCUT2D eigenvalue weighted by molar-refractivity contribution is 7.12. The van der Waals surface area contributed by atoms with Gasteiger partial charge in [-0.2, -0.15) is 0 Å². The Morgan fingerprint density at radius 3 is 2.55 bits per heavy atom. The highest BCUT2D eigenvalue weighted by Crippen LogP contribution is 2.23. The number of nitrogens with two attached hydrogens (primary N) is 1. The molecule has 0 aliphatic carbocycles. The molecule has 0 saturated carbocycles. The lowest BCUT2D eigenvalue weighted by molar-refractivity contribution is 0.897. The van der Waals surface area contributed by atoms with Crippen molar-refractivity contribution in [1.29, 1.82) is 0 Å². The van der Waals surface area contributed by atoms with Gasteiger partial charge in [0, 0.05) is 15.3 Å². The van der Waals surface area contributed by atoms with E-state index in [0.29, 0.717) is 5.82 Å². The largest absolute Gasteiger partial charge is 0.365 e. The first-order chi connectivity index (χ1) is 9.78. The Balaban J connectivity index is 2.11. The van der Waals surface area contributed by atoms with Gasteiger partial charge in [-0.05, 0) is 25.0 Å². The zero-order chi connectivity index (χ0) is 14.4. The molecule has 6 heteroatoms. The molecule has 0 bridgehead atoms. The van der Waals surface area contributed by atoms with Gasteiger partial charge >= 0.3 is 0 Å². The molecule has 20 heavy (non-hydrogen) atoms. The van der Waals surface area contributed by atoms with Crippen LogP contribution in [0.3, 0.4) is 0 Å². The minimum atomic E-state index is 0.699. The minimum Gasteiger partial charge on any atom is -0.365 e. The lowest BCUT2D eigenvalue weighted by Gasteiger charge is -2.12. The minimum absolute atomic E-state index is 0.699. The van der Waals surface area contributed by atoms with Crippen LogP contribution in [0.25, 0.3) is 0 Å². The number of hydrazine groups is 1. The summed E-state index contributed by atoms with van der Waals surface area (Å²) in [4.78, 5) is 11.2. The maximum atomic E-state index is 5.51. The first-order valence-corrected chi connectivity index (χ1v) is 7.72. The predicted octanol–water partition coefficient (Wildman–Crippen LogP) is 2.95. The fraction of sp³-hybridized carbons (Fsp3) is 0.429. The van der Waals surface area contributed by atoms with Gasteiger partial charge in [0.25, 0.3) is 0 Å². The van der Waals surface area contributed by atoms with Gasteiger partial charge in [-0.15, -0.1) is 11.3 Å². The summed E-state index contributed by atoms with van der Waals surface area (Å²) in [6.45, 7) is 5.08. The second kappa shape index (κ2) is 7.21. The van der Waals surface area contributed by atoms with Gasteiger partial charge in [0.15, 0.2) is 0 Å². The van der Waals surface area contributed by atoms with E-state index in [9.17, 15) is 0 Å². The summed E-state index contributed by atoms with van der Waals surface area (Å²) >= 11 is 1.84. The molecule has 0 radical (unpaired) electrons. The second-order valence-corrected chi connectivity index (χ2v) is 5.77. The SMILES string of the molecule is CCCc1c(NN)ncnc1NCc1ccc(CC)s1. The van der Waals surface area contributed by atoms with Crippen LogP contribution in [0.4, 0.5) is 11.6 Å². The van der Waals surface area contributed by atoms with E-state index in [1.165, 1.54) is 16.1 Å². The van der Waals surface area contributed by atoms with Crippen molar-refractivity contribution in [3.63, 3.8) is 0 Å². The first-order valence-electron chi connectivity index (χ1n) is 6.90. The van der Waals surface area contributed by atoms with Crippen LogP contribution in [0.15, 0.2) is 18.5 Å². The van der Waals surface area contributed by atoms with Crippen LogP contribution in [0.5, 0.6) is 0 Å². The van der Waals surface area contributed by atoms with Gasteiger partial charge in [0.05, 0.1) is 6.54 Å². The monoisotopic (exact) mass is 291 g/mol. The molecule has 0 spiro atoms. The Labute approximate surface area is 123 Å². The number of nitrogens with one attached hydrogen (secondary N) is 2. The van der Waals surface area contributed by atoms with Gasteiger partial charge in [-0.3, -0.25) is 0 Å². The molecule has 5 nitrogen and oxygen atoms in total. The van der Waals surface area contributed by atoms with E-state index >= 15 is 0 Å². The molecule has 0 fully saturated rings. The molecule has 2 aromatic heterocycles. The average molecular weight is 291 g/mol. The average Bonchev–Trinajstić information content (AvgIpc) is 2.94. The van der Waals surface area contributed by atoms with Crippen LogP contribution < -0.4 is 16.6 Å². The lowest BCUT2D eigenvalue weighted by Crippen LogP contribution is -2.14. The molecular formula is C14H21N5S. The fourth-order valence-electron chi connectivity index (χ4n) is 2.05. The summed E-state index contributed by atoms with van der Waals surface area (Å²) in [6, 6.07) is 4.35. The van der Waals surface area contributed by atoms with E-state index in [-0.39, 0.29) is 0 Å². The van der Waals surface area contributed by atoms with Gasteiger partial charge in [-0.25, -0.2) is 15.8 Å². The topological polar surface area (TPSA) is 75.9 Å². The quantitative estimate of drug-likeness (QED) is 0.540. The number of hydrogen-bond acceptors (Lipinski definition) is 6. The number of aromatic nitrogens is 2. The van der Waals surface area contributed by atoms with E-state index in [4.69, 9.17) is 5.84 Å². The molecule has 0 atom stereocenters. The Hall–Kier alpha value is -1.66. The summed E-state index contributed by atoms with van der Waals surface area (Å²) in [5.74, 6) is 7.07. The van der Waals surface area contributed by atoms with Gasteiger partial charge in [0.2, 0.25) is 0 Å². The van der Waals surface area contributed by atoms with Crippen LogP contribution in [-0.2, 0) is 19.4 Å². The van der Waals surface area contributed by atoms with E-state index in [2.05, 4.69) is 46.7 Å². The molecule has 0 amide bonds. The third kappa shape index (κ3) is 3.46. The number of nitrogen functional groups attached to an aromatic ring is 1. The molecule has 4 N–H and O–H groups in total. The van der Waals surface area contributed by atoms with Crippen molar-refractivity contribution in [1.82, 2.24) is 9.97 Å².